The first-order valence-corrected chi connectivity index (χ1v) is 18.1. The number of carbonyl (C=O) groups is 3. The molecule has 14 atom stereocenters. The van der Waals surface area contributed by atoms with Gasteiger partial charge in [0.25, 0.3) is 0 Å². The minimum atomic E-state index is -0.491. The topological polar surface area (TPSA) is 97.0 Å². The average Bonchev–Trinajstić information content (AvgIpc) is 3.72. The monoisotopic (exact) mass is 609 g/mol. The molecule has 4 aliphatic carbocycles. The second kappa shape index (κ2) is 10.5. The third kappa shape index (κ3) is 4.35. The Bertz CT molecular complexity index is 1190. The van der Waals surface area contributed by atoms with Gasteiger partial charge in [0.05, 0.1) is 12.7 Å². The molecule has 8 heteroatoms. The number of fused-ring (bicyclic) bond motifs is 8. The van der Waals surface area contributed by atoms with Crippen LogP contribution in [0.3, 0.4) is 0 Å². The van der Waals surface area contributed by atoms with Crippen molar-refractivity contribution >= 4 is 17.6 Å². The van der Waals surface area contributed by atoms with E-state index < -0.39 is 5.79 Å². The molecular formula is C36H55N3O5. The number of hydrogen-bond acceptors (Lipinski definition) is 6. The number of Topliss-reactive ketones (excluding diaryl/α,β-unsaturated/α-hetero) is 1. The molecule has 0 aromatic rings. The summed E-state index contributed by atoms with van der Waals surface area (Å²) in [6, 6.07) is 0.131. The molecule has 2 unspecified atom stereocenters. The molecule has 2 amide bonds. The van der Waals surface area contributed by atoms with Crippen molar-refractivity contribution in [2.45, 2.75) is 110 Å². The van der Waals surface area contributed by atoms with E-state index >= 15 is 0 Å². The van der Waals surface area contributed by atoms with E-state index in [0.29, 0.717) is 53.6 Å². The fourth-order valence-electron chi connectivity index (χ4n) is 12.7. The SMILES string of the molecule is C[C@@H]1CC[C@@]2(OC1)O[C@H]1C[C@H]3[C@@H]4CC[C@H]5C[C@H](NC(=O)CC(=O)N6CC7CNCC7C6)CC[C@]5(C)[C@H]4CC(=O)[C@]3(C)[C@H]1[C@@H]2C. The highest BCUT2D eigenvalue weighted by Gasteiger charge is 2.71. The second-order valence-electron chi connectivity index (χ2n) is 17.2. The summed E-state index contributed by atoms with van der Waals surface area (Å²) < 4.78 is 13.3. The Labute approximate surface area is 263 Å². The fraction of sp³-hybridized carbons (Fsp3) is 0.917. The van der Waals surface area contributed by atoms with Gasteiger partial charge in [0, 0.05) is 62.3 Å². The van der Waals surface area contributed by atoms with Crippen molar-refractivity contribution in [3.05, 3.63) is 0 Å². The van der Waals surface area contributed by atoms with Gasteiger partial charge in [-0.05, 0) is 91.8 Å². The van der Waals surface area contributed by atoms with Crippen LogP contribution in [0.15, 0.2) is 0 Å². The molecular weight excluding hydrogens is 554 g/mol. The van der Waals surface area contributed by atoms with Crippen LogP contribution in [0.4, 0.5) is 0 Å². The normalized spacial score (nSPS) is 52.7. The lowest BCUT2D eigenvalue weighted by Crippen LogP contribution is -2.59. The van der Waals surface area contributed by atoms with Crippen LogP contribution in [-0.4, -0.2) is 73.2 Å². The van der Waals surface area contributed by atoms with Gasteiger partial charge in [0.2, 0.25) is 11.8 Å². The van der Waals surface area contributed by atoms with Crippen molar-refractivity contribution < 1.29 is 23.9 Å². The zero-order valence-electron chi connectivity index (χ0n) is 27.4. The number of ether oxygens (including phenoxy) is 2. The summed E-state index contributed by atoms with van der Waals surface area (Å²) in [4.78, 5) is 42.2. The van der Waals surface area contributed by atoms with Gasteiger partial charge in [-0.25, -0.2) is 0 Å². The molecule has 0 bridgehead atoms. The lowest BCUT2D eigenvalue weighted by Gasteiger charge is -2.60. The molecule has 0 aromatic heterocycles. The number of hydrogen-bond donors (Lipinski definition) is 2. The molecule has 1 spiro atoms. The van der Waals surface area contributed by atoms with E-state index in [4.69, 9.17) is 9.47 Å². The van der Waals surface area contributed by atoms with E-state index in [0.717, 1.165) is 71.3 Å². The number of nitrogens with one attached hydrogen (secondary N) is 2. The first-order valence-electron chi connectivity index (χ1n) is 18.1. The zero-order valence-corrected chi connectivity index (χ0v) is 27.4. The molecule has 4 saturated heterocycles. The molecule has 8 aliphatic rings. The number of carbonyl (C=O) groups excluding carboxylic acids is 3. The van der Waals surface area contributed by atoms with Crippen LogP contribution >= 0.6 is 0 Å². The summed E-state index contributed by atoms with van der Waals surface area (Å²) in [5.74, 6) is 3.92. The van der Waals surface area contributed by atoms with Crippen molar-refractivity contribution in [2.24, 2.45) is 64.1 Å². The summed E-state index contributed by atoms with van der Waals surface area (Å²) >= 11 is 0. The van der Waals surface area contributed by atoms with Crippen LogP contribution < -0.4 is 10.6 Å². The molecule has 4 aliphatic heterocycles. The lowest BCUT2D eigenvalue weighted by atomic mass is 9.44. The minimum absolute atomic E-state index is 0.0167. The van der Waals surface area contributed by atoms with E-state index in [1.165, 1.54) is 12.8 Å². The molecule has 2 N–H and O–H groups in total. The quantitative estimate of drug-likeness (QED) is 0.467. The molecule has 0 radical (unpaired) electrons. The van der Waals surface area contributed by atoms with Gasteiger partial charge in [-0.1, -0.05) is 27.7 Å². The van der Waals surface area contributed by atoms with Crippen LogP contribution in [-0.2, 0) is 23.9 Å². The van der Waals surface area contributed by atoms with E-state index in [1.54, 1.807) is 0 Å². The number of amides is 2. The molecule has 0 aromatic carbocycles. The lowest BCUT2D eigenvalue weighted by molar-refractivity contribution is -0.272. The van der Waals surface area contributed by atoms with Gasteiger partial charge in [0.15, 0.2) is 5.79 Å². The van der Waals surface area contributed by atoms with Crippen LogP contribution in [0.2, 0.25) is 0 Å². The Morgan fingerprint density at radius 1 is 1.00 bits per heavy atom. The zero-order chi connectivity index (χ0) is 30.6. The summed E-state index contributed by atoms with van der Waals surface area (Å²) in [6.45, 7) is 13.6. The highest BCUT2D eigenvalue weighted by atomic mass is 16.7. The standard InChI is InChI=1S/C36H55N3O5/c1-20-7-10-36(43-19-20)21(2)33-29(44-36)12-28-26-6-5-24-11-25(8-9-34(24,3)27(26)13-30(40)35(28,33)4)38-31(41)14-32(42)39-17-22-15-37-16-23(22)18-39/h20-29,33,37H,5-19H2,1-4H3,(H,38,41)/t20-,21+,22?,23?,24+,25-,26-,27+,28+,29+,33+,34+,35-,36-/m1/s1. The van der Waals surface area contributed by atoms with Crippen LogP contribution in [0.5, 0.6) is 0 Å². The molecule has 8 fully saturated rings. The van der Waals surface area contributed by atoms with Gasteiger partial charge >= 0.3 is 0 Å². The van der Waals surface area contributed by atoms with Crippen molar-refractivity contribution in [3.8, 4) is 0 Å². The van der Waals surface area contributed by atoms with Crippen molar-refractivity contribution in [1.82, 2.24) is 15.5 Å². The third-order valence-electron chi connectivity index (χ3n) is 15.2. The molecule has 244 valence electrons. The Balaban J connectivity index is 0.910. The van der Waals surface area contributed by atoms with Crippen LogP contribution in [0, 0.1) is 64.1 Å². The maximum atomic E-state index is 14.4. The molecule has 44 heavy (non-hydrogen) atoms. The Morgan fingerprint density at radius 3 is 2.50 bits per heavy atom. The average molecular weight is 610 g/mol. The number of ketones is 1. The summed E-state index contributed by atoms with van der Waals surface area (Å²) in [5, 5.41) is 6.68. The predicted molar refractivity (Wildman–Crippen MR) is 165 cm³/mol. The molecule has 4 saturated carbocycles. The summed E-state index contributed by atoms with van der Waals surface area (Å²) in [7, 11) is 0. The minimum Gasteiger partial charge on any atom is -0.353 e. The Hall–Kier alpha value is -1.51. The summed E-state index contributed by atoms with van der Waals surface area (Å²) in [5.41, 5.74) is -0.182. The molecule has 8 nitrogen and oxygen atoms in total. The van der Waals surface area contributed by atoms with E-state index in [2.05, 4.69) is 38.3 Å². The van der Waals surface area contributed by atoms with Crippen LogP contribution in [0.1, 0.15) is 91.9 Å². The van der Waals surface area contributed by atoms with Gasteiger partial charge < -0.3 is 25.0 Å². The van der Waals surface area contributed by atoms with Gasteiger partial charge in [0.1, 0.15) is 12.2 Å². The third-order valence-corrected chi connectivity index (χ3v) is 15.2. The maximum Gasteiger partial charge on any atom is 0.232 e. The smallest absolute Gasteiger partial charge is 0.232 e. The molecule has 4 heterocycles. The van der Waals surface area contributed by atoms with E-state index in [9.17, 15) is 14.4 Å². The van der Waals surface area contributed by atoms with Crippen molar-refractivity contribution in [2.75, 3.05) is 32.8 Å². The summed E-state index contributed by atoms with van der Waals surface area (Å²) in [6.07, 6.45) is 9.20. The van der Waals surface area contributed by atoms with Gasteiger partial charge in [-0.2, -0.15) is 0 Å². The predicted octanol–water partition coefficient (Wildman–Crippen LogP) is 4.16. The first-order chi connectivity index (χ1) is 21.0. The van der Waals surface area contributed by atoms with Crippen molar-refractivity contribution in [3.63, 3.8) is 0 Å². The highest BCUT2D eigenvalue weighted by molar-refractivity contribution is 5.97. The highest BCUT2D eigenvalue weighted by Crippen LogP contribution is 2.70. The Morgan fingerprint density at radius 2 is 1.77 bits per heavy atom. The second-order valence-corrected chi connectivity index (χ2v) is 17.2. The largest absolute Gasteiger partial charge is 0.353 e. The number of rotatable bonds is 3. The van der Waals surface area contributed by atoms with Gasteiger partial charge in [-0.15, -0.1) is 0 Å². The van der Waals surface area contributed by atoms with Crippen LogP contribution in [0.25, 0.3) is 0 Å². The van der Waals surface area contributed by atoms with Crippen molar-refractivity contribution in [1.29, 1.82) is 0 Å². The molecule has 8 rings (SSSR count). The first kappa shape index (κ1) is 29.9. The maximum absolute atomic E-state index is 14.4. The Kier molecular flexibility index (Phi) is 7.13. The van der Waals surface area contributed by atoms with E-state index in [-0.39, 0.29) is 53.0 Å². The van der Waals surface area contributed by atoms with E-state index in [1.807, 2.05) is 4.90 Å². The number of likely N-dealkylation sites (tertiary alicyclic amines) is 1. The number of nitrogens with zero attached hydrogens (tertiary/aromatic N) is 1. The fourth-order valence-corrected chi connectivity index (χ4v) is 12.7. The van der Waals surface area contributed by atoms with Gasteiger partial charge in [-0.3, -0.25) is 14.4 Å².